The van der Waals surface area contributed by atoms with E-state index < -0.39 is 16.0 Å². The molecule has 1 aliphatic heterocycles. The molecule has 0 atom stereocenters. The third-order valence-electron chi connectivity index (χ3n) is 3.44. The van der Waals surface area contributed by atoms with Gasteiger partial charge in [0, 0.05) is 0 Å². The summed E-state index contributed by atoms with van der Waals surface area (Å²) in [5.74, 6) is 0.252. The van der Waals surface area contributed by atoms with E-state index in [-0.39, 0.29) is 15.8 Å². The van der Waals surface area contributed by atoms with Gasteiger partial charge in [0.15, 0.2) is 10.9 Å². The van der Waals surface area contributed by atoms with E-state index in [1.165, 1.54) is 37.4 Å². The zero-order chi connectivity index (χ0) is 19.6. The Morgan fingerprint density at radius 1 is 1.19 bits per heavy atom. The van der Waals surface area contributed by atoms with Gasteiger partial charge in [0.05, 0.1) is 16.5 Å². The minimum Gasteiger partial charge on any atom is -0.497 e. The first-order chi connectivity index (χ1) is 12.8. The first-order valence-corrected chi connectivity index (χ1v) is 10.5. The van der Waals surface area contributed by atoms with Crippen LogP contribution in [0.15, 0.2) is 61.7 Å². The molecule has 7 nitrogen and oxygen atoms in total. The summed E-state index contributed by atoms with van der Waals surface area (Å²) < 4.78 is 35.5. The molecule has 0 bridgehead atoms. The lowest BCUT2D eigenvalue weighted by Crippen LogP contribution is -2.10. The number of aliphatic imine (C=N–C) groups is 1. The molecular weight excluding hydrogens is 456 g/mol. The molecule has 2 aromatic rings. The summed E-state index contributed by atoms with van der Waals surface area (Å²) in [6.45, 7) is 0. The van der Waals surface area contributed by atoms with Crippen LogP contribution in [0.5, 0.6) is 11.5 Å². The van der Waals surface area contributed by atoms with Crippen molar-refractivity contribution in [3.05, 3.63) is 57.4 Å². The van der Waals surface area contributed by atoms with Crippen LogP contribution in [0, 0.1) is 0 Å². The van der Waals surface area contributed by atoms with Crippen molar-refractivity contribution in [2.45, 2.75) is 4.90 Å². The fraction of sp³-hybridized carbons (Fsp3) is 0.0588. The number of nitrogens with zero attached hydrogens (tertiary/aromatic N) is 1. The molecule has 0 spiro atoms. The van der Waals surface area contributed by atoms with Crippen LogP contribution in [-0.2, 0) is 14.9 Å². The van der Waals surface area contributed by atoms with Gasteiger partial charge in [-0.25, -0.2) is 0 Å². The SMILES string of the molecule is COc1ccc(S(=O)(=O)Oc2ccc(/C=C3\SC(N)=NC3=O)cc2Br)cc1. The van der Waals surface area contributed by atoms with Crippen LogP contribution in [-0.4, -0.2) is 26.6 Å². The number of methoxy groups -OCH3 is 1. The Balaban J connectivity index is 1.81. The fourth-order valence-corrected chi connectivity index (χ4v) is 4.37. The van der Waals surface area contributed by atoms with Gasteiger partial charge in [0.2, 0.25) is 0 Å². The van der Waals surface area contributed by atoms with Crippen LogP contribution >= 0.6 is 27.7 Å². The third kappa shape index (κ3) is 4.52. The maximum atomic E-state index is 12.4. The highest BCUT2D eigenvalue weighted by Crippen LogP contribution is 2.32. The van der Waals surface area contributed by atoms with E-state index in [2.05, 4.69) is 20.9 Å². The average molecular weight is 469 g/mol. The highest BCUT2D eigenvalue weighted by molar-refractivity contribution is 9.10. The second-order valence-corrected chi connectivity index (χ2v) is 8.73. The van der Waals surface area contributed by atoms with Crippen molar-refractivity contribution in [3.63, 3.8) is 0 Å². The summed E-state index contributed by atoms with van der Waals surface area (Å²) in [5.41, 5.74) is 6.18. The molecule has 0 saturated carbocycles. The first kappa shape index (κ1) is 19.5. The Bertz CT molecular complexity index is 1060. The van der Waals surface area contributed by atoms with Crippen LogP contribution < -0.4 is 14.7 Å². The Labute approximate surface area is 168 Å². The van der Waals surface area contributed by atoms with Crippen molar-refractivity contribution in [2.75, 3.05) is 7.11 Å². The first-order valence-electron chi connectivity index (χ1n) is 7.44. The molecule has 1 aliphatic rings. The maximum Gasteiger partial charge on any atom is 0.339 e. The number of nitrogens with two attached hydrogens (primary N) is 1. The van der Waals surface area contributed by atoms with Gasteiger partial charge in [-0.1, -0.05) is 6.07 Å². The summed E-state index contributed by atoms with van der Waals surface area (Å²) >= 11 is 4.36. The van der Waals surface area contributed by atoms with Gasteiger partial charge in [-0.15, -0.1) is 0 Å². The Morgan fingerprint density at radius 2 is 1.89 bits per heavy atom. The molecule has 0 radical (unpaired) electrons. The number of thioether (sulfide) groups is 1. The third-order valence-corrected chi connectivity index (χ3v) is 6.12. The van der Waals surface area contributed by atoms with Crippen molar-refractivity contribution in [3.8, 4) is 11.5 Å². The van der Waals surface area contributed by atoms with Gasteiger partial charge in [-0.2, -0.15) is 13.4 Å². The number of amides is 1. The Kier molecular flexibility index (Phi) is 5.59. The van der Waals surface area contributed by atoms with Gasteiger partial charge in [-0.05, 0) is 75.7 Å². The number of halogens is 1. The van der Waals surface area contributed by atoms with E-state index in [0.29, 0.717) is 20.7 Å². The summed E-state index contributed by atoms with van der Waals surface area (Å²) in [6, 6.07) is 10.6. The predicted molar refractivity (Wildman–Crippen MR) is 107 cm³/mol. The molecule has 0 saturated heterocycles. The molecule has 1 amide bonds. The molecule has 0 aromatic heterocycles. The minimum atomic E-state index is -4.01. The van der Waals surface area contributed by atoms with Crippen molar-refractivity contribution in [2.24, 2.45) is 10.7 Å². The number of benzene rings is 2. The quantitative estimate of drug-likeness (QED) is 0.530. The zero-order valence-electron chi connectivity index (χ0n) is 13.9. The molecule has 2 N–H and O–H groups in total. The normalized spacial score (nSPS) is 15.7. The highest BCUT2D eigenvalue weighted by Gasteiger charge is 2.21. The van der Waals surface area contributed by atoms with Crippen molar-refractivity contribution in [1.29, 1.82) is 0 Å². The number of carbonyl (C=O) groups excluding carboxylic acids is 1. The second kappa shape index (κ2) is 7.75. The van der Waals surface area contributed by atoms with Crippen LogP contribution in [0.2, 0.25) is 0 Å². The number of amidine groups is 1. The molecule has 27 heavy (non-hydrogen) atoms. The van der Waals surface area contributed by atoms with Crippen LogP contribution in [0.4, 0.5) is 0 Å². The van der Waals surface area contributed by atoms with E-state index in [4.69, 9.17) is 14.7 Å². The number of hydrogen-bond donors (Lipinski definition) is 1. The topological polar surface area (TPSA) is 108 Å². The zero-order valence-corrected chi connectivity index (χ0v) is 17.1. The van der Waals surface area contributed by atoms with Gasteiger partial charge in [-0.3, -0.25) is 4.79 Å². The number of carbonyl (C=O) groups is 1. The number of hydrogen-bond acceptors (Lipinski definition) is 7. The molecule has 0 fully saturated rings. The summed E-state index contributed by atoms with van der Waals surface area (Å²) in [7, 11) is -2.51. The van der Waals surface area contributed by atoms with Gasteiger partial charge in [0.25, 0.3) is 5.91 Å². The largest absolute Gasteiger partial charge is 0.497 e. The summed E-state index contributed by atoms with van der Waals surface area (Å²) in [4.78, 5) is 15.7. The molecule has 3 rings (SSSR count). The Hall–Kier alpha value is -2.30. The maximum absolute atomic E-state index is 12.4. The molecule has 1 heterocycles. The standard InChI is InChI=1S/C17H13BrN2O5S2/c1-24-11-3-5-12(6-4-11)27(22,23)25-14-7-2-10(8-13(14)18)9-15-16(21)20-17(19)26-15/h2-9H,1H3,(H2,19,20,21)/b15-9-. The summed E-state index contributed by atoms with van der Waals surface area (Å²) in [5, 5.41) is 0.191. The highest BCUT2D eigenvalue weighted by atomic mass is 79.9. The van der Waals surface area contributed by atoms with E-state index in [1.807, 2.05) is 0 Å². The van der Waals surface area contributed by atoms with Crippen molar-refractivity contribution >= 4 is 55.0 Å². The van der Waals surface area contributed by atoms with E-state index in [0.717, 1.165) is 11.8 Å². The monoisotopic (exact) mass is 468 g/mol. The van der Waals surface area contributed by atoms with Crippen molar-refractivity contribution in [1.82, 2.24) is 0 Å². The minimum absolute atomic E-state index is 0.00182. The Morgan fingerprint density at radius 3 is 2.44 bits per heavy atom. The molecule has 2 aromatic carbocycles. The average Bonchev–Trinajstić information content (AvgIpc) is 2.94. The van der Waals surface area contributed by atoms with E-state index in [1.54, 1.807) is 18.2 Å². The molecule has 10 heteroatoms. The van der Waals surface area contributed by atoms with E-state index >= 15 is 0 Å². The van der Waals surface area contributed by atoms with E-state index in [9.17, 15) is 13.2 Å². The lowest BCUT2D eigenvalue weighted by Gasteiger charge is -2.10. The number of rotatable bonds is 5. The molecule has 140 valence electrons. The van der Waals surface area contributed by atoms with Crippen LogP contribution in [0.3, 0.4) is 0 Å². The van der Waals surface area contributed by atoms with Crippen molar-refractivity contribution < 1.29 is 22.1 Å². The fourth-order valence-electron chi connectivity index (χ4n) is 2.16. The van der Waals surface area contributed by atoms with Gasteiger partial charge < -0.3 is 14.7 Å². The molecule has 0 unspecified atom stereocenters. The summed E-state index contributed by atoms with van der Waals surface area (Å²) in [6.07, 6.45) is 1.61. The second-order valence-electron chi connectivity index (χ2n) is 5.27. The molecule has 0 aliphatic carbocycles. The van der Waals surface area contributed by atoms with Gasteiger partial charge in [0.1, 0.15) is 10.6 Å². The van der Waals surface area contributed by atoms with Gasteiger partial charge >= 0.3 is 10.1 Å². The van der Waals surface area contributed by atoms with Crippen LogP contribution in [0.25, 0.3) is 6.08 Å². The lowest BCUT2D eigenvalue weighted by molar-refractivity contribution is -0.113. The number of ether oxygens (including phenoxy) is 1. The van der Waals surface area contributed by atoms with Crippen LogP contribution in [0.1, 0.15) is 5.56 Å². The lowest BCUT2D eigenvalue weighted by atomic mass is 10.2. The smallest absolute Gasteiger partial charge is 0.339 e. The molecular formula is C17H13BrN2O5S2. The predicted octanol–water partition coefficient (Wildman–Crippen LogP) is 3.15.